The van der Waals surface area contributed by atoms with Gasteiger partial charge in [-0.3, -0.25) is 0 Å². The summed E-state index contributed by atoms with van der Waals surface area (Å²) < 4.78 is 4.72. The topological polar surface area (TPSA) is 90.4 Å². The highest BCUT2D eigenvalue weighted by molar-refractivity contribution is 6.12. The molecular weight excluding hydrogens is 1060 g/mol. The average Bonchev–Trinajstić information content (AvgIpc) is 1.97. The van der Waals surface area contributed by atoms with Crippen LogP contribution in [-0.4, -0.2) is 39.0 Å². The highest BCUT2D eigenvalue weighted by atomic mass is 15.1. The standard InChI is InChI=1S/C78H51N9/c1-6-20-52(21-7-1)53-34-40-60(41-35-53)85(63-46-48-71-67(50-63)65-30-16-18-32-69(65)86(71)61-42-36-58(37-43-61)77-81-73(54-22-8-2-9-23-54)79-74(82-77)55-24-10-3-11-25-55)64-47-49-72-68(51-64)66-31-17-19-33-70(66)87(72)62-44-38-59(39-45-62)78-83-75(56-26-12-4-13-27-56)80-76(84-78)57-28-14-5-15-29-57/h1-51H. The number of anilines is 3. The van der Waals surface area contributed by atoms with Crippen LogP contribution < -0.4 is 4.90 Å². The molecule has 0 saturated heterocycles. The fourth-order valence-corrected chi connectivity index (χ4v) is 12.0. The molecule has 0 saturated carbocycles. The molecule has 0 fully saturated rings. The lowest BCUT2D eigenvalue weighted by atomic mass is 10.0. The van der Waals surface area contributed by atoms with Gasteiger partial charge in [-0.15, -0.1) is 0 Å². The van der Waals surface area contributed by atoms with E-state index in [-0.39, 0.29) is 0 Å². The van der Waals surface area contributed by atoms with Crippen LogP contribution >= 0.6 is 0 Å². The van der Waals surface area contributed by atoms with Gasteiger partial charge in [-0.2, -0.15) is 0 Å². The van der Waals surface area contributed by atoms with Crippen LogP contribution in [0.5, 0.6) is 0 Å². The number of rotatable bonds is 12. The molecule has 0 unspecified atom stereocenters. The summed E-state index contributed by atoms with van der Waals surface area (Å²) in [6.07, 6.45) is 0. The summed E-state index contributed by atoms with van der Waals surface area (Å²) in [5.74, 6) is 3.75. The largest absolute Gasteiger partial charge is 0.310 e. The van der Waals surface area contributed by atoms with Crippen molar-refractivity contribution in [1.29, 1.82) is 0 Å². The lowest BCUT2D eigenvalue weighted by molar-refractivity contribution is 1.07. The third-order valence-electron chi connectivity index (χ3n) is 16.2. The fourth-order valence-electron chi connectivity index (χ4n) is 12.0. The van der Waals surface area contributed by atoms with Gasteiger partial charge in [0.1, 0.15) is 0 Å². The Hall–Kier alpha value is -11.9. The van der Waals surface area contributed by atoms with E-state index in [4.69, 9.17) is 29.9 Å². The number of aromatic nitrogens is 8. The van der Waals surface area contributed by atoms with Crippen LogP contribution in [0, 0.1) is 0 Å². The van der Waals surface area contributed by atoms with Gasteiger partial charge in [-0.05, 0) is 120 Å². The molecule has 12 aromatic carbocycles. The zero-order valence-corrected chi connectivity index (χ0v) is 47.0. The molecule has 0 aliphatic carbocycles. The van der Waals surface area contributed by atoms with Crippen molar-refractivity contribution in [2.45, 2.75) is 0 Å². The van der Waals surface area contributed by atoms with Crippen molar-refractivity contribution >= 4 is 60.7 Å². The fraction of sp³-hybridized carbons (Fsp3) is 0. The van der Waals surface area contributed by atoms with E-state index in [2.05, 4.69) is 202 Å². The first-order chi connectivity index (χ1) is 43.1. The minimum Gasteiger partial charge on any atom is -0.310 e. The lowest BCUT2D eigenvalue weighted by Gasteiger charge is -2.26. The molecule has 0 spiro atoms. The number of benzene rings is 12. The molecule has 0 aliphatic heterocycles. The van der Waals surface area contributed by atoms with Gasteiger partial charge in [0.15, 0.2) is 34.9 Å². The van der Waals surface area contributed by atoms with E-state index in [0.717, 1.165) is 111 Å². The maximum Gasteiger partial charge on any atom is 0.164 e. The summed E-state index contributed by atoms with van der Waals surface area (Å²) in [7, 11) is 0. The zero-order valence-electron chi connectivity index (χ0n) is 47.0. The molecule has 87 heavy (non-hydrogen) atoms. The third-order valence-corrected chi connectivity index (χ3v) is 16.2. The first-order valence-corrected chi connectivity index (χ1v) is 29.1. The second kappa shape index (κ2) is 21.7. The van der Waals surface area contributed by atoms with Crippen molar-refractivity contribution in [2.75, 3.05) is 4.90 Å². The number of hydrogen-bond donors (Lipinski definition) is 0. The molecule has 4 aromatic heterocycles. The average molecular weight is 1110 g/mol. The van der Waals surface area contributed by atoms with Crippen molar-refractivity contribution in [1.82, 2.24) is 39.0 Å². The number of para-hydroxylation sites is 2. The minimum absolute atomic E-state index is 0.614. The van der Waals surface area contributed by atoms with Crippen LogP contribution in [0.25, 0.3) is 134 Å². The molecule has 9 heteroatoms. The van der Waals surface area contributed by atoms with Gasteiger partial charge < -0.3 is 14.0 Å². The summed E-state index contributed by atoms with van der Waals surface area (Å²) in [6.45, 7) is 0. The molecule has 0 bridgehead atoms. The summed E-state index contributed by atoms with van der Waals surface area (Å²) in [4.78, 5) is 32.4. The van der Waals surface area contributed by atoms with Crippen LogP contribution in [0.2, 0.25) is 0 Å². The first-order valence-electron chi connectivity index (χ1n) is 29.1. The Morgan fingerprint density at radius 3 is 0.793 bits per heavy atom. The summed E-state index contributed by atoms with van der Waals surface area (Å²) in [5, 5.41) is 4.59. The van der Waals surface area contributed by atoms with E-state index in [1.807, 2.05) is 121 Å². The molecule has 0 amide bonds. The number of nitrogens with zero attached hydrogens (tertiary/aromatic N) is 9. The maximum atomic E-state index is 5.03. The second-order valence-corrected chi connectivity index (χ2v) is 21.5. The van der Waals surface area contributed by atoms with Gasteiger partial charge in [0.05, 0.1) is 22.1 Å². The van der Waals surface area contributed by atoms with Crippen LogP contribution in [0.1, 0.15) is 0 Å². The van der Waals surface area contributed by atoms with Crippen LogP contribution in [0.15, 0.2) is 309 Å². The Bertz CT molecular complexity index is 4760. The van der Waals surface area contributed by atoms with Gasteiger partial charge in [0.25, 0.3) is 0 Å². The van der Waals surface area contributed by atoms with Crippen LogP contribution in [0.4, 0.5) is 17.1 Å². The number of hydrogen-bond acceptors (Lipinski definition) is 7. The van der Waals surface area contributed by atoms with E-state index in [0.29, 0.717) is 34.9 Å². The second-order valence-electron chi connectivity index (χ2n) is 21.5. The molecule has 408 valence electrons. The summed E-state index contributed by atoms with van der Waals surface area (Å²) >= 11 is 0. The van der Waals surface area contributed by atoms with E-state index in [1.165, 1.54) is 5.56 Å². The van der Waals surface area contributed by atoms with Crippen molar-refractivity contribution in [3.63, 3.8) is 0 Å². The highest BCUT2D eigenvalue weighted by Gasteiger charge is 2.22. The minimum atomic E-state index is 0.614. The van der Waals surface area contributed by atoms with Crippen molar-refractivity contribution in [2.24, 2.45) is 0 Å². The van der Waals surface area contributed by atoms with Gasteiger partial charge in [-0.25, -0.2) is 29.9 Å². The van der Waals surface area contributed by atoms with Crippen molar-refractivity contribution in [3.8, 4) is 90.8 Å². The summed E-state index contributed by atoms with van der Waals surface area (Å²) in [5.41, 5.74) is 17.4. The Morgan fingerprint density at radius 1 is 0.195 bits per heavy atom. The Morgan fingerprint density at radius 2 is 0.448 bits per heavy atom. The first kappa shape index (κ1) is 50.8. The molecule has 0 N–H and O–H groups in total. The third kappa shape index (κ3) is 9.42. The van der Waals surface area contributed by atoms with Gasteiger partial charge in [-0.1, -0.05) is 200 Å². The molecule has 16 rings (SSSR count). The molecule has 0 atom stereocenters. The normalized spacial score (nSPS) is 11.4. The smallest absolute Gasteiger partial charge is 0.164 e. The van der Waals surface area contributed by atoms with Gasteiger partial charge >= 0.3 is 0 Å². The molecule has 0 aliphatic rings. The molecule has 9 nitrogen and oxygen atoms in total. The highest BCUT2D eigenvalue weighted by Crippen LogP contribution is 2.43. The lowest BCUT2D eigenvalue weighted by Crippen LogP contribution is -2.10. The molecule has 4 heterocycles. The van der Waals surface area contributed by atoms with Crippen LogP contribution in [0.3, 0.4) is 0 Å². The van der Waals surface area contributed by atoms with E-state index >= 15 is 0 Å². The summed E-state index contributed by atoms with van der Waals surface area (Å²) in [6, 6.07) is 108. The zero-order chi connectivity index (χ0) is 57.6. The van der Waals surface area contributed by atoms with E-state index in [1.54, 1.807) is 0 Å². The van der Waals surface area contributed by atoms with Crippen molar-refractivity contribution < 1.29 is 0 Å². The predicted molar refractivity (Wildman–Crippen MR) is 355 cm³/mol. The molecular formula is C78H51N9. The molecule has 16 aromatic rings. The van der Waals surface area contributed by atoms with Crippen LogP contribution in [-0.2, 0) is 0 Å². The predicted octanol–water partition coefficient (Wildman–Crippen LogP) is 19.4. The SMILES string of the molecule is c1ccc(-c2ccc(N(c3ccc4c(c3)c3ccccc3n4-c3ccc(-c4nc(-c5ccccc5)nc(-c5ccccc5)n4)cc3)c3ccc4c(c3)c3ccccc3n4-c3ccc(-c4nc(-c5ccccc5)nc(-c5ccccc5)n4)cc3)cc2)cc1. The van der Waals surface area contributed by atoms with E-state index in [9.17, 15) is 0 Å². The monoisotopic (exact) mass is 1110 g/mol. The number of fused-ring (bicyclic) bond motifs is 6. The maximum absolute atomic E-state index is 5.03. The van der Waals surface area contributed by atoms with E-state index < -0.39 is 0 Å². The Labute approximate surface area is 502 Å². The quantitative estimate of drug-likeness (QED) is 0.120. The Kier molecular flexibility index (Phi) is 12.6. The van der Waals surface area contributed by atoms with Gasteiger partial charge in [0.2, 0.25) is 0 Å². The Balaban J connectivity index is 0.794. The molecule has 0 radical (unpaired) electrons. The van der Waals surface area contributed by atoms with Gasteiger partial charge in [0, 0.05) is 83.4 Å². The van der Waals surface area contributed by atoms with Crippen molar-refractivity contribution in [3.05, 3.63) is 309 Å².